The van der Waals surface area contributed by atoms with Crippen LogP contribution in [0.5, 0.6) is 0 Å². The molecular formula is C19H23N3O2. The monoisotopic (exact) mass is 325 g/mol. The van der Waals surface area contributed by atoms with Crippen molar-refractivity contribution in [3.63, 3.8) is 0 Å². The van der Waals surface area contributed by atoms with E-state index in [4.69, 9.17) is 4.74 Å². The molecule has 0 bridgehead atoms. The molecule has 1 amide bonds. The fourth-order valence-electron chi connectivity index (χ4n) is 3.79. The number of anilines is 1. The largest absolute Gasteiger partial charge is 0.420 e. The van der Waals surface area contributed by atoms with Crippen molar-refractivity contribution in [2.45, 2.75) is 45.6 Å². The van der Waals surface area contributed by atoms with Crippen LogP contribution < -0.4 is 10.2 Å². The number of nitrogens with zero attached hydrogens (tertiary/aromatic N) is 2. The van der Waals surface area contributed by atoms with Crippen LogP contribution in [0.4, 0.5) is 5.69 Å². The van der Waals surface area contributed by atoms with Crippen molar-refractivity contribution in [1.29, 1.82) is 0 Å². The van der Waals surface area contributed by atoms with Gasteiger partial charge in [0, 0.05) is 24.8 Å². The van der Waals surface area contributed by atoms with E-state index in [1.165, 1.54) is 42.7 Å². The molecule has 0 atom stereocenters. The minimum atomic E-state index is -0.220. The lowest BCUT2D eigenvalue weighted by molar-refractivity contribution is -0.116. The highest BCUT2D eigenvalue weighted by atomic mass is 16.5. The Hall–Kier alpha value is -2.30. The summed E-state index contributed by atoms with van der Waals surface area (Å²) < 4.78 is 5.58. The van der Waals surface area contributed by atoms with E-state index in [1.54, 1.807) is 0 Å². The first-order chi connectivity index (χ1) is 11.6. The van der Waals surface area contributed by atoms with E-state index in [2.05, 4.69) is 27.3 Å². The maximum Gasteiger partial charge on any atom is 0.297 e. The summed E-state index contributed by atoms with van der Waals surface area (Å²) in [5.41, 5.74) is 5.29. The van der Waals surface area contributed by atoms with Crippen molar-refractivity contribution in [1.82, 2.24) is 5.32 Å². The fourth-order valence-corrected chi connectivity index (χ4v) is 3.79. The number of hydrogen-bond donors (Lipinski definition) is 1. The van der Waals surface area contributed by atoms with Crippen LogP contribution in [-0.4, -0.2) is 31.1 Å². The molecule has 5 heteroatoms. The van der Waals surface area contributed by atoms with Crippen molar-refractivity contribution in [2.75, 3.05) is 18.0 Å². The Kier molecular flexibility index (Phi) is 3.79. The number of carbonyl (C=O) groups excluding carboxylic acids is 1. The van der Waals surface area contributed by atoms with Crippen LogP contribution in [0.25, 0.3) is 6.08 Å². The van der Waals surface area contributed by atoms with Gasteiger partial charge in [0.15, 0.2) is 5.76 Å². The van der Waals surface area contributed by atoms with Gasteiger partial charge in [0.2, 0.25) is 0 Å². The van der Waals surface area contributed by atoms with Crippen molar-refractivity contribution in [3.8, 4) is 0 Å². The van der Waals surface area contributed by atoms with Gasteiger partial charge in [-0.1, -0.05) is 0 Å². The molecule has 126 valence electrons. The molecular weight excluding hydrogens is 302 g/mol. The third-order valence-electron chi connectivity index (χ3n) is 4.68. The van der Waals surface area contributed by atoms with Crippen LogP contribution >= 0.6 is 0 Å². The second-order valence-electron chi connectivity index (χ2n) is 6.97. The Morgan fingerprint density at radius 3 is 2.50 bits per heavy atom. The van der Waals surface area contributed by atoms with E-state index in [-0.39, 0.29) is 11.9 Å². The SMILES string of the molecule is CC(C)N=C1NC(=O)/C(=C\c2cc3c4c(c2)CCCN4CCC3)O1. The summed E-state index contributed by atoms with van der Waals surface area (Å²) in [5.74, 6) is 0.104. The molecule has 24 heavy (non-hydrogen) atoms. The lowest BCUT2D eigenvalue weighted by atomic mass is 9.90. The molecule has 0 spiro atoms. The van der Waals surface area contributed by atoms with Gasteiger partial charge in [0.1, 0.15) is 0 Å². The minimum absolute atomic E-state index is 0.0823. The Bertz CT molecular complexity index is 718. The van der Waals surface area contributed by atoms with Crippen molar-refractivity contribution >= 4 is 23.7 Å². The number of ether oxygens (including phenoxy) is 1. The number of benzene rings is 1. The van der Waals surface area contributed by atoms with Gasteiger partial charge in [-0.15, -0.1) is 0 Å². The van der Waals surface area contributed by atoms with E-state index in [0.29, 0.717) is 11.8 Å². The first-order valence-electron chi connectivity index (χ1n) is 8.79. The van der Waals surface area contributed by atoms with Gasteiger partial charge < -0.3 is 9.64 Å². The smallest absolute Gasteiger partial charge is 0.297 e. The molecule has 3 aliphatic rings. The van der Waals surface area contributed by atoms with Crippen LogP contribution in [0.3, 0.4) is 0 Å². The van der Waals surface area contributed by atoms with Crippen molar-refractivity contribution < 1.29 is 9.53 Å². The molecule has 3 aliphatic heterocycles. The maximum atomic E-state index is 12.1. The summed E-state index contributed by atoms with van der Waals surface area (Å²) in [7, 11) is 0. The number of nitrogens with one attached hydrogen (secondary N) is 1. The molecule has 0 saturated carbocycles. The predicted octanol–water partition coefficient (Wildman–Crippen LogP) is 2.64. The molecule has 5 nitrogen and oxygen atoms in total. The first-order valence-corrected chi connectivity index (χ1v) is 8.79. The van der Waals surface area contributed by atoms with Gasteiger partial charge >= 0.3 is 0 Å². The molecule has 3 heterocycles. The van der Waals surface area contributed by atoms with Gasteiger partial charge in [-0.2, -0.15) is 0 Å². The van der Waals surface area contributed by atoms with E-state index >= 15 is 0 Å². The van der Waals surface area contributed by atoms with Crippen molar-refractivity contribution in [2.24, 2.45) is 4.99 Å². The number of aliphatic imine (C=N–C) groups is 1. The van der Waals surface area contributed by atoms with E-state index < -0.39 is 0 Å². The Labute approximate surface area is 142 Å². The summed E-state index contributed by atoms with van der Waals surface area (Å²) in [5, 5.41) is 2.68. The summed E-state index contributed by atoms with van der Waals surface area (Å²) in [6.45, 7) is 6.23. The molecule has 1 N–H and O–H groups in total. The molecule has 0 radical (unpaired) electrons. The first kappa shape index (κ1) is 15.2. The second kappa shape index (κ2) is 5.96. The number of aryl methyl sites for hydroxylation is 2. The average molecular weight is 325 g/mol. The van der Waals surface area contributed by atoms with Crippen LogP contribution in [0.2, 0.25) is 0 Å². The lowest BCUT2D eigenvalue weighted by Gasteiger charge is -2.37. The zero-order chi connectivity index (χ0) is 16.7. The van der Waals surface area contributed by atoms with Gasteiger partial charge in [-0.05, 0) is 74.4 Å². The Morgan fingerprint density at radius 1 is 1.21 bits per heavy atom. The average Bonchev–Trinajstić information content (AvgIpc) is 2.86. The van der Waals surface area contributed by atoms with E-state index in [0.717, 1.165) is 18.4 Å². The highest BCUT2D eigenvalue weighted by Gasteiger charge is 2.27. The molecule has 0 aliphatic carbocycles. The standard InChI is InChI=1S/C19H23N3O2/c1-12(2)20-19-21-18(23)16(24-19)11-13-9-14-5-3-7-22-8-4-6-15(10-13)17(14)22/h9-12H,3-8H2,1-2H3,(H,20,21,23)/b16-11+. The number of hydrogen-bond acceptors (Lipinski definition) is 4. The normalized spacial score (nSPS) is 22.8. The quantitative estimate of drug-likeness (QED) is 0.851. The predicted molar refractivity (Wildman–Crippen MR) is 95.1 cm³/mol. The third-order valence-corrected chi connectivity index (χ3v) is 4.68. The highest BCUT2D eigenvalue weighted by molar-refractivity contribution is 6.11. The zero-order valence-corrected chi connectivity index (χ0v) is 14.3. The summed E-state index contributed by atoms with van der Waals surface area (Å²) >= 11 is 0. The summed E-state index contributed by atoms with van der Waals surface area (Å²) in [4.78, 5) is 18.9. The van der Waals surface area contributed by atoms with Gasteiger partial charge in [0.25, 0.3) is 11.9 Å². The number of rotatable bonds is 2. The lowest BCUT2D eigenvalue weighted by Crippen LogP contribution is -2.34. The minimum Gasteiger partial charge on any atom is -0.420 e. The molecule has 1 aromatic carbocycles. The zero-order valence-electron chi connectivity index (χ0n) is 14.3. The molecule has 1 saturated heterocycles. The summed E-state index contributed by atoms with van der Waals surface area (Å²) in [6.07, 6.45) is 6.47. The van der Waals surface area contributed by atoms with Gasteiger partial charge in [-0.25, -0.2) is 4.99 Å². The molecule has 1 fully saturated rings. The highest BCUT2D eigenvalue weighted by Crippen LogP contribution is 2.36. The van der Waals surface area contributed by atoms with Crippen LogP contribution in [0.1, 0.15) is 43.4 Å². The van der Waals surface area contributed by atoms with Crippen LogP contribution in [-0.2, 0) is 22.4 Å². The Morgan fingerprint density at radius 2 is 1.88 bits per heavy atom. The molecule has 4 rings (SSSR count). The number of carbonyl (C=O) groups is 1. The Balaban J connectivity index is 1.67. The van der Waals surface area contributed by atoms with E-state index in [1.807, 2.05) is 19.9 Å². The van der Waals surface area contributed by atoms with Crippen molar-refractivity contribution in [3.05, 3.63) is 34.6 Å². The number of amidine groups is 1. The maximum absolute atomic E-state index is 12.1. The second-order valence-corrected chi connectivity index (χ2v) is 6.97. The topological polar surface area (TPSA) is 53.9 Å². The third kappa shape index (κ3) is 2.79. The number of amides is 1. The molecule has 1 aromatic rings. The van der Waals surface area contributed by atoms with Crippen LogP contribution in [0.15, 0.2) is 22.9 Å². The van der Waals surface area contributed by atoms with E-state index in [9.17, 15) is 4.79 Å². The van der Waals surface area contributed by atoms with Gasteiger partial charge in [0.05, 0.1) is 0 Å². The fraction of sp³-hybridized carbons (Fsp3) is 0.474. The van der Waals surface area contributed by atoms with Gasteiger partial charge in [-0.3, -0.25) is 10.1 Å². The summed E-state index contributed by atoms with van der Waals surface area (Å²) in [6, 6.07) is 4.79. The molecule has 0 unspecified atom stereocenters. The molecule has 0 aromatic heterocycles. The van der Waals surface area contributed by atoms with Crippen LogP contribution in [0, 0.1) is 0 Å².